The van der Waals surface area contributed by atoms with Crippen LogP contribution in [0.3, 0.4) is 0 Å². The number of hydrogen-bond acceptors (Lipinski definition) is 9. The molecule has 0 amide bonds. The molecule has 10 nitrogen and oxygen atoms in total. The van der Waals surface area contributed by atoms with E-state index in [4.69, 9.17) is 20.1 Å². The van der Waals surface area contributed by atoms with Crippen LogP contribution in [0.15, 0.2) is 53.7 Å². The SMILES string of the molecule is COc1cccc(OCc2nnc(SCCCOc3ccc([N+](=O)[O-])cc3)n2N)c1. The Morgan fingerprint density at radius 2 is 1.87 bits per heavy atom. The molecule has 3 aromatic rings. The highest BCUT2D eigenvalue weighted by molar-refractivity contribution is 7.99. The van der Waals surface area contributed by atoms with Crippen molar-refractivity contribution < 1.29 is 19.1 Å². The third-order valence-corrected chi connectivity index (χ3v) is 5.01. The molecule has 0 atom stereocenters. The van der Waals surface area contributed by atoms with Crippen LogP contribution in [0.1, 0.15) is 12.2 Å². The Labute approximate surface area is 177 Å². The summed E-state index contributed by atoms with van der Waals surface area (Å²) in [5.41, 5.74) is 0.0337. The van der Waals surface area contributed by atoms with Crippen LogP contribution in [0.2, 0.25) is 0 Å². The Hall–Kier alpha value is -3.47. The molecule has 0 aliphatic rings. The van der Waals surface area contributed by atoms with Crippen LogP contribution in [-0.2, 0) is 6.61 Å². The number of hydrogen-bond donors (Lipinski definition) is 1. The van der Waals surface area contributed by atoms with Gasteiger partial charge in [0.15, 0.2) is 5.82 Å². The first-order valence-electron chi connectivity index (χ1n) is 9.03. The Balaban J connectivity index is 1.41. The number of nitrogens with two attached hydrogens (primary N) is 1. The highest BCUT2D eigenvalue weighted by Gasteiger charge is 2.11. The van der Waals surface area contributed by atoms with E-state index in [0.29, 0.717) is 34.8 Å². The number of nitro groups is 1. The minimum absolute atomic E-state index is 0.0337. The van der Waals surface area contributed by atoms with Crippen LogP contribution >= 0.6 is 11.8 Å². The molecule has 11 heteroatoms. The Bertz CT molecular complexity index is 980. The van der Waals surface area contributed by atoms with Crippen molar-refractivity contribution in [1.82, 2.24) is 14.9 Å². The lowest BCUT2D eigenvalue weighted by atomic mass is 10.3. The number of nitro benzene ring substituents is 1. The normalized spacial score (nSPS) is 10.6. The van der Waals surface area contributed by atoms with Crippen molar-refractivity contribution in [3.63, 3.8) is 0 Å². The predicted molar refractivity (Wildman–Crippen MR) is 111 cm³/mol. The zero-order valence-corrected chi connectivity index (χ0v) is 17.1. The minimum atomic E-state index is -0.445. The Morgan fingerprint density at radius 3 is 2.60 bits per heavy atom. The molecule has 1 aromatic heterocycles. The van der Waals surface area contributed by atoms with Gasteiger partial charge in [-0.05, 0) is 30.7 Å². The van der Waals surface area contributed by atoms with Gasteiger partial charge in [-0.15, -0.1) is 10.2 Å². The third kappa shape index (κ3) is 5.77. The van der Waals surface area contributed by atoms with E-state index in [-0.39, 0.29) is 12.3 Å². The number of benzene rings is 2. The van der Waals surface area contributed by atoms with Crippen LogP contribution in [0.5, 0.6) is 17.2 Å². The molecule has 0 bridgehead atoms. The van der Waals surface area contributed by atoms with Crippen molar-refractivity contribution in [3.05, 3.63) is 64.5 Å². The van der Waals surface area contributed by atoms with Gasteiger partial charge in [0.25, 0.3) is 5.69 Å². The first kappa shape index (κ1) is 21.2. The number of rotatable bonds is 11. The van der Waals surface area contributed by atoms with E-state index < -0.39 is 4.92 Å². The second kappa shape index (κ2) is 10.3. The van der Waals surface area contributed by atoms with Gasteiger partial charge in [0, 0.05) is 24.0 Å². The van der Waals surface area contributed by atoms with Gasteiger partial charge in [-0.1, -0.05) is 17.8 Å². The molecule has 30 heavy (non-hydrogen) atoms. The largest absolute Gasteiger partial charge is 0.497 e. The number of non-ortho nitro benzene ring substituents is 1. The molecule has 0 spiro atoms. The average molecular weight is 431 g/mol. The van der Waals surface area contributed by atoms with E-state index in [0.717, 1.165) is 12.2 Å². The van der Waals surface area contributed by atoms with Crippen LogP contribution in [-0.4, -0.2) is 39.3 Å². The lowest BCUT2D eigenvalue weighted by Gasteiger charge is -2.08. The van der Waals surface area contributed by atoms with Crippen molar-refractivity contribution in [2.75, 3.05) is 25.3 Å². The number of ether oxygens (including phenoxy) is 3. The van der Waals surface area contributed by atoms with E-state index in [9.17, 15) is 10.1 Å². The summed E-state index contributed by atoms with van der Waals surface area (Å²) in [6, 6.07) is 13.2. The van der Waals surface area contributed by atoms with Gasteiger partial charge in [0.05, 0.1) is 18.6 Å². The molecule has 0 fully saturated rings. The zero-order valence-electron chi connectivity index (χ0n) is 16.3. The number of aromatic nitrogens is 3. The first-order valence-corrected chi connectivity index (χ1v) is 10.0. The van der Waals surface area contributed by atoms with E-state index in [1.165, 1.54) is 28.6 Å². The van der Waals surface area contributed by atoms with Gasteiger partial charge in [0.2, 0.25) is 5.16 Å². The summed E-state index contributed by atoms with van der Waals surface area (Å²) in [6.45, 7) is 0.649. The molecule has 2 aromatic carbocycles. The quantitative estimate of drug-likeness (QED) is 0.160. The lowest BCUT2D eigenvalue weighted by molar-refractivity contribution is -0.384. The molecule has 0 saturated carbocycles. The summed E-state index contributed by atoms with van der Waals surface area (Å²) < 4.78 is 17.8. The van der Waals surface area contributed by atoms with Gasteiger partial charge in [0.1, 0.15) is 23.9 Å². The van der Waals surface area contributed by atoms with Crippen LogP contribution < -0.4 is 20.1 Å². The fourth-order valence-electron chi connectivity index (χ4n) is 2.42. The maximum atomic E-state index is 10.6. The Morgan fingerprint density at radius 1 is 1.10 bits per heavy atom. The van der Waals surface area contributed by atoms with Crippen LogP contribution in [0.4, 0.5) is 5.69 Å². The summed E-state index contributed by atoms with van der Waals surface area (Å²) in [6.07, 6.45) is 0.740. The first-order chi connectivity index (χ1) is 14.6. The molecule has 158 valence electrons. The number of nitrogens with zero attached hydrogens (tertiary/aromatic N) is 4. The second-order valence-electron chi connectivity index (χ2n) is 6.04. The van der Waals surface area contributed by atoms with Crippen LogP contribution in [0, 0.1) is 10.1 Å². The van der Waals surface area contributed by atoms with E-state index in [1.807, 2.05) is 18.2 Å². The maximum Gasteiger partial charge on any atom is 0.269 e. The van der Waals surface area contributed by atoms with Gasteiger partial charge in [-0.2, -0.15) is 0 Å². The summed E-state index contributed by atoms with van der Waals surface area (Å²) in [5, 5.41) is 19.4. The van der Waals surface area contributed by atoms with Gasteiger partial charge in [-0.25, -0.2) is 4.68 Å². The summed E-state index contributed by atoms with van der Waals surface area (Å²) in [7, 11) is 1.59. The zero-order chi connectivity index (χ0) is 21.3. The molecule has 0 aliphatic carbocycles. The fraction of sp³-hybridized carbons (Fsp3) is 0.263. The summed E-state index contributed by atoms with van der Waals surface area (Å²) in [5.74, 6) is 9.21. The smallest absolute Gasteiger partial charge is 0.269 e. The molecule has 0 saturated heterocycles. The van der Waals surface area contributed by atoms with Crippen molar-refractivity contribution in [2.45, 2.75) is 18.2 Å². The van der Waals surface area contributed by atoms with E-state index in [1.54, 1.807) is 25.3 Å². The second-order valence-corrected chi connectivity index (χ2v) is 7.10. The molecule has 1 heterocycles. The average Bonchev–Trinajstić information content (AvgIpc) is 3.12. The third-order valence-electron chi connectivity index (χ3n) is 3.98. The van der Waals surface area contributed by atoms with Crippen molar-refractivity contribution in [3.8, 4) is 17.2 Å². The number of nitrogen functional groups attached to an aromatic ring is 1. The monoisotopic (exact) mass is 431 g/mol. The van der Waals surface area contributed by atoms with Crippen LogP contribution in [0.25, 0.3) is 0 Å². The Kier molecular flexibility index (Phi) is 7.33. The van der Waals surface area contributed by atoms with Crippen molar-refractivity contribution >= 4 is 17.4 Å². The van der Waals surface area contributed by atoms with Crippen molar-refractivity contribution in [1.29, 1.82) is 0 Å². The predicted octanol–water partition coefficient (Wildman–Crippen LogP) is 3.05. The molecule has 0 aliphatic heterocycles. The highest BCUT2D eigenvalue weighted by Crippen LogP contribution is 2.21. The number of thioether (sulfide) groups is 1. The summed E-state index contributed by atoms with van der Waals surface area (Å²) >= 11 is 1.46. The highest BCUT2D eigenvalue weighted by atomic mass is 32.2. The fourth-order valence-corrected chi connectivity index (χ4v) is 3.21. The molecular weight excluding hydrogens is 410 g/mol. The van der Waals surface area contributed by atoms with E-state index in [2.05, 4.69) is 10.2 Å². The van der Waals surface area contributed by atoms with E-state index >= 15 is 0 Å². The topological polar surface area (TPSA) is 128 Å². The molecule has 2 N–H and O–H groups in total. The molecule has 0 unspecified atom stereocenters. The maximum absolute atomic E-state index is 10.6. The molecule has 3 rings (SSSR count). The van der Waals surface area contributed by atoms with Gasteiger partial charge in [-0.3, -0.25) is 10.1 Å². The molecule has 0 radical (unpaired) electrons. The minimum Gasteiger partial charge on any atom is -0.497 e. The lowest BCUT2D eigenvalue weighted by Crippen LogP contribution is -2.16. The number of methoxy groups -OCH3 is 1. The van der Waals surface area contributed by atoms with Crippen molar-refractivity contribution in [2.24, 2.45) is 0 Å². The van der Waals surface area contributed by atoms with Gasteiger partial charge >= 0.3 is 0 Å². The molecular formula is C19H21N5O5S. The van der Waals surface area contributed by atoms with Gasteiger partial charge < -0.3 is 20.1 Å². The standard InChI is InChI=1S/C19H21N5O5S/c1-27-16-4-2-5-17(12-16)29-13-18-21-22-19(23(18)20)30-11-3-10-28-15-8-6-14(7-9-15)24(25)26/h2,4-9,12H,3,10-11,13,20H2,1H3. The summed E-state index contributed by atoms with van der Waals surface area (Å²) in [4.78, 5) is 10.2.